The summed E-state index contributed by atoms with van der Waals surface area (Å²) in [6.45, 7) is 10.2. The van der Waals surface area contributed by atoms with E-state index in [-0.39, 0.29) is 5.91 Å². The van der Waals surface area contributed by atoms with Gasteiger partial charge >= 0.3 is 0 Å². The van der Waals surface area contributed by atoms with Crippen LogP contribution in [0.15, 0.2) is 47.6 Å². The lowest BCUT2D eigenvalue weighted by atomic mass is 10.0. The van der Waals surface area contributed by atoms with Crippen LogP contribution in [0, 0.1) is 34.6 Å². The number of nitrogens with one attached hydrogen (secondary N) is 1. The smallest absolute Gasteiger partial charge is 0.244 e. The van der Waals surface area contributed by atoms with Crippen LogP contribution in [0.3, 0.4) is 0 Å². The number of benzene rings is 2. The van der Waals surface area contributed by atoms with E-state index in [1.54, 1.807) is 6.21 Å². The van der Waals surface area contributed by atoms with E-state index in [1.807, 2.05) is 65.0 Å². The SMILES string of the molecule is Cc1ccc(CC(=O)N/N=C\c2cc(C)n(-c3cccc(Cl)c3C)c2C)c(C)c1. The third-order valence-corrected chi connectivity index (χ3v) is 5.60. The van der Waals surface area contributed by atoms with Crippen molar-refractivity contribution >= 4 is 23.7 Å². The molecule has 0 unspecified atom stereocenters. The van der Waals surface area contributed by atoms with E-state index in [1.165, 1.54) is 5.56 Å². The first-order valence-electron chi connectivity index (χ1n) is 9.60. The molecule has 0 saturated carbocycles. The second-order valence-electron chi connectivity index (χ2n) is 7.45. The minimum Gasteiger partial charge on any atom is -0.318 e. The van der Waals surface area contributed by atoms with Crippen molar-refractivity contribution in [3.05, 3.63) is 86.7 Å². The minimum atomic E-state index is -0.132. The van der Waals surface area contributed by atoms with Crippen molar-refractivity contribution in [2.75, 3.05) is 0 Å². The molecule has 1 heterocycles. The Bertz CT molecular complexity index is 1100. The van der Waals surface area contributed by atoms with E-state index in [0.717, 1.165) is 44.4 Å². The van der Waals surface area contributed by atoms with Gasteiger partial charge in [0.25, 0.3) is 0 Å². The summed E-state index contributed by atoms with van der Waals surface area (Å²) < 4.78 is 2.15. The van der Waals surface area contributed by atoms with Crippen LogP contribution >= 0.6 is 11.6 Å². The highest BCUT2D eigenvalue weighted by Crippen LogP contribution is 2.26. The average molecular weight is 408 g/mol. The van der Waals surface area contributed by atoms with Crippen LogP contribution in [0.1, 0.15) is 39.2 Å². The molecule has 1 N–H and O–H groups in total. The molecule has 4 nitrogen and oxygen atoms in total. The van der Waals surface area contributed by atoms with Crippen LogP contribution in [-0.2, 0) is 11.2 Å². The van der Waals surface area contributed by atoms with Gasteiger partial charge in [-0.05, 0) is 69.5 Å². The van der Waals surface area contributed by atoms with Crippen LogP contribution in [0.4, 0.5) is 0 Å². The fourth-order valence-corrected chi connectivity index (χ4v) is 3.73. The zero-order valence-electron chi connectivity index (χ0n) is 17.5. The van der Waals surface area contributed by atoms with Crippen LogP contribution in [0.2, 0.25) is 5.02 Å². The number of carbonyl (C=O) groups is 1. The highest BCUT2D eigenvalue weighted by atomic mass is 35.5. The number of aryl methyl sites for hydroxylation is 3. The van der Waals surface area contributed by atoms with E-state index in [4.69, 9.17) is 11.6 Å². The number of aromatic nitrogens is 1. The first-order valence-corrected chi connectivity index (χ1v) is 9.98. The molecule has 5 heteroatoms. The second kappa shape index (κ2) is 8.66. The fraction of sp³-hybridized carbons (Fsp3) is 0.250. The summed E-state index contributed by atoms with van der Waals surface area (Å²) in [6, 6.07) is 14.0. The van der Waals surface area contributed by atoms with Gasteiger partial charge in [0.2, 0.25) is 5.91 Å². The normalized spacial score (nSPS) is 11.2. The summed E-state index contributed by atoms with van der Waals surface area (Å²) in [4.78, 5) is 12.3. The standard InChI is InChI=1S/C24H26ClN3O/c1-15-9-10-20(16(2)11-15)13-24(29)27-26-14-21-12-17(3)28(19(21)5)23-8-6-7-22(25)18(23)4/h6-12,14H,13H2,1-5H3,(H,27,29)/b26-14-. The second-order valence-corrected chi connectivity index (χ2v) is 7.85. The third kappa shape index (κ3) is 4.60. The largest absolute Gasteiger partial charge is 0.318 e. The molecule has 0 atom stereocenters. The molecule has 2 aromatic carbocycles. The Morgan fingerprint density at radius 1 is 1.10 bits per heavy atom. The number of hydrazone groups is 1. The van der Waals surface area contributed by atoms with Crippen LogP contribution in [0.5, 0.6) is 0 Å². The zero-order valence-corrected chi connectivity index (χ0v) is 18.3. The van der Waals surface area contributed by atoms with E-state index >= 15 is 0 Å². The van der Waals surface area contributed by atoms with Crippen molar-refractivity contribution in [2.45, 2.75) is 41.0 Å². The first kappa shape index (κ1) is 20.9. The Labute approximate surface area is 177 Å². The van der Waals surface area contributed by atoms with E-state index < -0.39 is 0 Å². The van der Waals surface area contributed by atoms with Gasteiger partial charge in [-0.25, -0.2) is 5.43 Å². The predicted octanol–water partition coefficient (Wildman–Crippen LogP) is 5.37. The maximum absolute atomic E-state index is 12.3. The van der Waals surface area contributed by atoms with Gasteiger partial charge in [0.15, 0.2) is 0 Å². The first-order chi connectivity index (χ1) is 13.8. The molecule has 29 heavy (non-hydrogen) atoms. The quantitative estimate of drug-likeness (QED) is 0.448. The predicted molar refractivity (Wildman–Crippen MR) is 120 cm³/mol. The van der Waals surface area contributed by atoms with Crippen molar-refractivity contribution < 1.29 is 4.79 Å². The number of halogens is 1. The Balaban J connectivity index is 1.74. The monoisotopic (exact) mass is 407 g/mol. The molecule has 0 radical (unpaired) electrons. The number of amides is 1. The Morgan fingerprint density at radius 2 is 1.86 bits per heavy atom. The number of hydrogen-bond donors (Lipinski definition) is 1. The Morgan fingerprint density at radius 3 is 2.59 bits per heavy atom. The maximum Gasteiger partial charge on any atom is 0.244 e. The summed E-state index contributed by atoms with van der Waals surface area (Å²) in [5, 5.41) is 4.91. The molecule has 0 fully saturated rings. The van der Waals surface area contributed by atoms with Gasteiger partial charge in [0.05, 0.1) is 12.6 Å². The molecule has 3 rings (SSSR count). The van der Waals surface area contributed by atoms with Gasteiger partial charge in [0.1, 0.15) is 0 Å². The van der Waals surface area contributed by atoms with Crippen molar-refractivity contribution in [2.24, 2.45) is 5.10 Å². The van der Waals surface area contributed by atoms with E-state index in [2.05, 4.69) is 27.2 Å². The van der Waals surface area contributed by atoms with E-state index in [0.29, 0.717) is 6.42 Å². The molecule has 1 aromatic heterocycles. The molecule has 0 bridgehead atoms. The molecule has 150 valence electrons. The van der Waals surface area contributed by atoms with Gasteiger partial charge in [0, 0.05) is 27.7 Å². The van der Waals surface area contributed by atoms with Crippen LogP contribution in [-0.4, -0.2) is 16.7 Å². The number of nitrogens with zero attached hydrogens (tertiary/aromatic N) is 2. The van der Waals surface area contributed by atoms with Gasteiger partial charge in [-0.3, -0.25) is 4.79 Å². The van der Waals surface area contributed by atoms with Crippen LogP contribution < -0.4 is 5.43 Å². The molecule has 0 aliphatic heterocycles. The van der Waals surface area contributed by atoms with Crippen LogP contribution in [0.25, 0.3) is 5.69 Å². The number of rotatable bonds is 5. The van der Waals surface area contributed by atoms with Crippen molar-refractivity contribution in [3.8, 4) is 5.69 Å². The minimum absolute atomic E-state index is 0.132. The topological polar surface area (TPSA) is 46.4 Å². The molecule has 1 amide bonds. The van der Waals surface area contributed by atoms with Gasteiger partial charge in [-0.1, -0.05) is 41.4 Å². The Kier molecular flexibility index (Phi) is 6.23. The lowest BCUT2D eigenvalue weighted by molar-refractivity contribution is -0.120. The maximum atomic E-state index is 12.3. The van der Waals surface area contributed by atoms with Crippen molar-refractivity contribution in [3.63, 3.8) is 0 Å². The molecular formula is C24H26ClN3O. The lowest BCUT2D eigenvalue weighted by Crippen LogP contribution is -2.20. The fourth-order valence-electron chi connectivity index (χ4n) is 3.56. The molecular weight excluding hydrogens is 382 g/mol. The van der Waals surface area contributed by atoms with Crippen molar-refractivity contribution in [1.29, 1.82) is 0 Å². The highest BCUT2D eigenvalue weighted by molar-refractivity contribution is 6.31. The van der Waals surface area contributed by atoms with Gasteiger partial charge < -0.3 is 4.57 Å². The average Bonchev–Trinajstić information content (AvgIpc) is 2.94. The summed E-state index contributed by atoms with van der Waals surface area (Å²) in [6.07, 6.45) is 2.00. The van der Waals surface area contributed by atoms with Gasteiger partial charge in [-0.15, -0.1) is 0 Å². The van der Waals surface area contributed by atoms with Gasteiger partial charge in [-0.2, -0.15) is 5.10 Å². The number of hydrogen-bond acceptors (Lipinski definition) is 2. The molecule has 0 aliphatic carbocycles. The van der Waals surface area contributed by atoms with Crippen molar-refractivity contribution in [1.82, 2.24) is 9.99 Å². The molecule has 0 spiro atoms. The zero-order chi connectivity index (χ0) is 21.1. The molecule has 0 saturated heterocycles. The number of carbonyl (C=O) groups excluding carboxylic acids is 1. The summed E-state index contributed by atoms with van der Waals surface area (Å²) in [7, 11) is 0. The Hall–Kier alpha value is -2.85. The highest BCUT2D eigenvalue weighted by Gasteiger charge is 2.12. The summed E-state index contributed by atoms with van der Waals surface area (Å²) in [5.74, 6) is -0.132. The molecule has 0 aliphatic rings. The third-order valence-electron chi connectivity index (χ3n) is 5.19. The summed E-state index contributed by atoms with van der Waals surface area (Å²) in [5.41, 5.74) is 11.1. The summed E-state index contributed by atoms with van der Waals surface area (Å²) >= 11 is 6.29. The lowest BCUT2D eigenvalue weighted by Gasteiger charge is -2.13. The molecule has 3 aromatic rings. The van der Waals surface area contributed by atoms with E-state index in [9.17, 15) is 4.79 Å².